The van der Waals surface area contributed by atoms with Crippen LogP contribution in [0.2, 0.25) is 0 Å². The average molecular weight is 237 g/mol. The number of benzene rings is 1. The first-order valence-electron chi connectivity index (χ1n) is 5.14. The number of amides is 1. The van der Waals surface area contributed by atoms with Crippen LogP contribution in [-0.2, 0) is 9.53 Å². The highest BCUT2D eigenvalue weighted by Crippen LogP contribution is 2.17. The SMILES string of the molecule is COC(=O)C(C)NC(=O)c1ccc(C)c(O)c1. The largest absolute Gasteiger partial charge is 0.508 e. The topological polar surface area (TPSA) is 75.6 Å². The molecule has 0 bridgehead atoms. The number of phenols is 1. The Morgan fingerprint density at radius 1 is 1.41 bits per heavy atom. The molecule has 0 fully saturated rings. The molecular weight excluding hydrogens is 222 g/mol. The second-order valence-electron chi connectivity index (χ2n) is 3.72. The van der Waals surface area contributed by atoms with Crippen LogP contribution in [0.15, 0.2) is 18.2 Å². The van der Waals surface area contributed by atoms with Crippen LogP contribution in [0.3, 0.4) is 0 Å². The number of esters is 1. The third-order valence-corrected chi connectivity index (χ3v) is 2.37. The van der Waals surface area contributed by atoms with Gasteiger partial charge in [0.25, 0.3) is 5.91 Å². The first-order chi connectivity index (χ1) is 7.95. The quantitative estimate of drug-likeness (QED) is 0.769. The number of hydrogen-bond acceptors (Lipinski definition) is 4. The molecule has 0 aromatic heterocycles. The summed E-state index contributed by atoms with van der Waals surface area (Å²) in [6, 6.07) is 3.84. The van der Waals surface area contributed by atoms with Crippen LogP contribution in [0.1, 0.15) is 22.8 Å². The van der Waals surface area contributed by atoms with E-state index in [0.717, 1.165) is 0 Å². The molecule has 1 aromatic rings. The normalized spacial score (nSPS) is 11.7. The van der Waals surface area contributed by atoms with Crippen LogP contribution in [0.25, 0.3) is 0 Å². The lowest BCUT2D eigenvalue weighted by molar-refractivity contribution is -0.142. The van der Waals surface area contributed by atoms with Crippen molar-refractivity contribution < 1.29 is 19.4 Å². The monoisotopic (exact) mass is 237 g/mol. The molecule has 5 nitrogen and oxygen atoms in total. The lowest BCUT2D eigenvalue weighted by atomic mass is 10.1. The highest BCUT2D eigenvalue weighted by Gasteiger charge is 2.17. The van der Waals surface area contributed by atoms with Crippen LogP contribution < -0.4 is 5.32 Å². The van der Waals surface area contributed by atoms with Gasteiger partial charge in [-0.25, -0.2) is 4.79 Å². The van der Waals surface area contributed by atoms with E-state index in [1.165, 1.54) is 20.1 Å². The first-order valence-corrected chi connectivity index (χ1v) is 5.14. The second-order valence-corrected chi connectivity index (χ2v) is 3.72. The molecule has 0 aliphatic heterocycles. The van der Waals surface area contributed by atoms with Crippen molar-refractivity contribution in [1.29, 1.82) is 0 Å². The van der Waals surface area contributed by atoms with Crippen molar-refractivity contribution in [2.24, 2.45) is 0 Å². The molecule has 0 heterocycles. The molecule has 0 saturated carbocycles. The summed E-state index contributed by atoms with van der Waals surface area (Å²) < 4.78 is 4.49. The standard InChI is InChI=1S/C12H15NO4/c1-7-4-5-9(6-10(7)14)11(15)13-8(2)12(16)17-3/h4-6,8,14H,1-3H3,(H,13,15). The van der Waals surface area contributed by atoms with E-state index in [0.29, 0.717) is 11.1 Å². The summed E-state index contributed by atoms with van der Waals surface area (Å²) in [6.45, 7) is 3.26. The van der Waals surface area contributed by atoms with Crippen molar-refractivity contribution in [3.05, 3.63) is 29.3 Å². The Hall–Kier alpha value is -2.04. The molecule has 1 rings (SSSR count). The smallest absolute Gasteiger partial charge is 0.328 e. The molecule has 2 N–H and O–H groups in total. The van der Waals surface area contributed by atoms with Crippen molar-refractivity contribution in [2.45, 2.75) is 19.9 Å². The van der Waals surface area contributed by atoms with E-state index in [9.17, 15) is 14.7 Å². The molecule has 1 atom stereocenters. The summed E-state index contributed by atoms with van der Waals surface area (Å²) in [5, 5.41) is 11.9. The molecule has 92 valence electrons. The minimum Gasteiger partial charge on any atom is -0.508 e. The minimum atomic E-state index is -0.726. The van der Waals surface area contributed by atoms with Gasteiger partial charge in [0.15, 0.2) is 0 Å². The lowest BCUT2D eigenvalue weighted by Crippen LogP contribution is -2.39. The number of aryl methyl sites for hydroxylation is 1. The molecule has 1 unspecified atom stereocenters. The zero-order valence-electron chi connectivity index (χ0n) is 9.98. The predicted octanol–water partition coefficient (Wildman–Crippen LogP) is 0.992. The number of carbonyl (C=O) groups is 2. The maximum absolute atomic E-state index is 11.7. The second kappa shape index (κ2) is 5.34. The van der Waals surface area contributed by atoms with Crippen molar-refractivity contribution in [2.75, 3.05) is 7.11 Å². The maximum atomic E-state index is 11.7. The highest BCUT2D eigenvalue weighted by atomic mass is 16.5. The van der Waals surface area contributed by atoms with Gasteiger partial charge in [0.1, 0.15) is 11.8 Å². The van der Waals surface area contributed by atoms with E-state index in [4.69, 9.17) is 0 Å². The fourth-order valence-electron chi connectivity index (χ4n) is 1.27. The molecule has 17 heavy (non-hydrogen) atoms. The zero-order chi connectivity index (χ0) is 13.0. The van der Waals surface area contributed by atoms with Gasteiger partial charge in [0.05, 0.1) is 7.11 Å². The molecular formula is C12H15NO4. The van der Waals surface area contributed by atoms with Crippen molar-refractivity contribution in [3.8, 4) is 5.75 Å². The summed E-state index contributed by atoms with van der Waals surface area (Å²) in [5.74, 6) is -0.906. The third kappa shape index (κ3) is 3.21. The van der Waals surface area contributed by atoms with Gasteiger partial charge in [0, 0.05) is 5.56 Å². The first kappa shape index (κ1) is 13.0. The number of aromatic hydroxyl groups is 1. The van der Waals surface area contributed by atoms with E-state index in [-0.39, 0.29) is 5.75 Å². The molecule has 1 amide bonds. The van der Waals surface area contributed by atoms with E-state index >= 15 is 0 Å². The van der Waals surface area contributed by atoms with Crippen LogP contribution in [0.5, 0.6) is 5.75 Å². The van der Waals surface area contributed by atoms with Gasteiger partial charge in [-0.05, 0) is 31.5 Å². The fourth-order valence-corrected chi connectivity index (χ4v) is 1.27. The Bertz CT molecular complexity index is 442. The minimum absolute atomic E-state index is 0.0448. The molecule has 5 heteroatoms. The Morgan fingerprint density at radius 3 is 2.59 bits per heavy atom. The van der Waals surface area contributed by atoms with Gasteiger partial charge in [-0.2, -0.15) is 0 Å². The number of hydrogen-bond donors (Lipinski definition) is 2. The maximum Gasteiger partial charge on any atom is 0.328 e. The summed E-state index contributed by atoms with van der Waals surface area (Å²) in [5.41, 5.74) is 0.978. The number of ether oxygens (including phenoxy) is 1. The highest BCUT2D eigenvalue weighted by molar-refractivity contribution is 5.97. The number of phenolic OH excluding ortho intramolecular Hbond substituents is 1. The van der Waals surface area contributed by atoms with Crippen molar-refractivity contribution in [3.63, 3.8) is 0 Å². The molecule has 0 spiro atoms. The molecule has 0 radical (unpaired) electrons. The predicted molar refractivity (Wildman–Crippen MR) is 61.8 cm³/mol. The van der Waals surface area contributed by atoms with Crippen LogP contribution >= 0.6 is 0 Å². The van der Waals surface area contributed by atoms with E-state index in [1.54, 1.807) is 19.1 Å². The van der Waals surface area contributed by atoms with Gasteiger partial charge < -0.3 is 15.2 Å². The van der Waals surface area contributed by atoms with E-state index in [2.05, 4.69) is 10.1 Å². The van der Waals surface area contributed by atoms with Gasteiger partial charge in [-0.1, -0.05) is 6.07 Å². The van der Waals surface area contributed by atoms with Crippen LogP contribution in [0, 0.1) is 6.92 Å². The third-order valence-electron chi connectivity index (χ3n) is 2.37. The number of carbonyl (C=O) groups excluding carboxylic acids is 2. The van der Waals surface area contributed by atoms with Gasteiger partial charge in [0.2, 0.25) is 0 Å². The Morgan fingerprint density at radius 2 is 2.06 bits per heavy atom. The fraction of sp³-hybridized carbons (Fsp3) is 0.333. The number of methoxy groups -OCH3 is 1. The summed E-state index contributed by atoms with van der Waals surface area (Å²) in [7, 11) is 1.25. The summed E-state index contributed by atoms with van der Waals surface area (Å²) >= 11 is 0. The van der Waals surface area contributed by atoms with Gasteiger partial charge in [-0.15, -0.1) is 0 Å². The zero-order valence-corrected chi connectivity index (χ0v) is 9.98. The molecule has 1 aromatic carbocycles. The Balaban J connectivity index is 2.76. The summed E-state index contributed by atoms with van der Waals surface area (Å²) in [6.07, 6.45) is 0. The molecule has 0 aliphatic carbocycles. The number of rotatable bonds is 3. The average Bonchev–Trinajstić information content (AvgIpc) is 2.31. The van der Waals surface area contributed by atoms with Crippen molar-refractivity contribution >= 4 is 11.9 Å². The van der Waals surface area contributed by atoms with Crippen LogP contribution in [0.4, 0.5) is 0 Å². The summed E-state index contributed by atoms with van der Waals surface area (Å²) in [4.78, 5) is 22.8. The van der Waals surface area contributed by atoms with E-state index < -0.39 is 17.9 Å². The molecule has 0 aliphatic rings. The van der Waals surface area contributed by atoms with Gasteiger partial charge in [-0.3, -0.25) is 4.79 Å². The van der Waals surface area contributed by atoms with Gasteiger partial charge >= 0.3 is 5.97 Å². The van der Waals surface area contributed by atoms with Crippen molar-refractivity contribution in [1.82, 2.24) is 5.32 Å². The van der Waals surface area contributed by atoms with Crippen LogP contribution in [-0.4, -0.2) is 30.1 Å². The lowest BCUT2D eigenvalue weighted by Gasteiger charge is -2.11. The molecule has 0 saturated heterocycles. The van der Waals surface area contributed by atoms with E-state index in [1.807, 2.05) is 0 Å². The Labute approximate surface area is 99.4 Å². The Kier molecular flexibility index (Phi) is 4.09. The number of nitrogens with one attached hydrogen (secondary N) is 1.